The average molecular weight is 320 g/mol. The Morgan fingerprint density at radius 1 is 1.39 bits per heavy atom. The van der Waals surface area contributed by atoms with E-state index < -0.39 is 0 Å². The number of nitrogens with one attached hydrogen (secondary N) is 1. The van der Waals surface area contributed by atoms with Crippen LogP contribution in [0.1, 0.15) is 44.9 Å². The first-order valence-electron chi connectivity index (χ1n) is 8.86. The van der Waals surface area contributed by atoms with Crippen molar-refractivity contribution in [1.82, 2.24) is 14.7 Å². The zero-order chi connectivity index (χ0) is 16.1. The van der Waals surface area contributed by atoms with E-state index >= 15 is 0 Å². The van der Waals surface area contributed by atoms with E-state index in [1.54, 1.807) is 13.3 Å². The molecule has 0 spiro atoms. The molecule has 1 unspecified atom stereocenters. The largest absolute Gasteiger partial charge is 0.385 e. The molecule has 1 aliphatic carbocycles. The van der Waals surface area contributed by atoms with E-state index in [-0.39, 0.29) is 6.03 Å². The van der Waals surface area contributed by atoms with Crippen molar-refractivity contribution in [3.05, 3.63) is 12.3 Å². The standard InChI is InChI=1S/C17H28N4O2/c1-23-12-4-6-15-5-2-3-11-20(15)17(22)19-16-9-10-18-21(16)13-14-7-8-14/h9-10,14-15H,2-8,11-13H2,1H3,(H,19,22). The number of ether oxygens (including phenoxy) is 1. The fourth-order valence-electron chi connectivity index (χ4n) is 3.34. The first kappa shape index (κ1) is 16.3. The molecule has 1 saturated carbocycles. The van der Waals surface area contributed by atoms with E-state index in [1.165, 1.54) is 19.3 Å². The van der Waals surface area contributed by atoms with Crippen LogP contribution in [0.2, 0.25) is 0 Å². The predicted molar refractivity (Wildman–Crippen MR) is 89.4 cm³/mol. The Kier molecular flexibility index (Phi) is 5.54. The zero-order valence-corrected chi connectivity index (χ0v) is 14.0. The van der Waals surface area contributed by atoms with Crippen molar-refractivity contribution >= 4 is 11.8 Å². The lowest BCUT2D eigenvalue weighted by Crippen LogP contribution is -2.46. The molecule has 0 bridgehead atoms. The summed E-state index contributed by atoms with van der Waals surface area (Å²) in [6, 6.07) is 2.24. The van der Waals surface area contributed by atoms with Crippen LogP contribution in [0, 0.1) is 5.92 Å². The Balaban J connectivity index is 1.57. The summed E-state index contributed by atoms with van der Waals surface area (Å²) in [4.78, 5) is 14.7. The van der Waals surface area contributed by atoms with E-state index in [0.717, 1.165) is 57.1 Å². The van der Waals surface area contributed by atoms with Gasteiger partial charge < -0.3 is 9.64 Å². The molecule has 0 aromatic carbocycles. The highest BCUT2D eigenvalue weighted by Gasteiger charge is 2.28. The van der Waals surface area contributed by atoms with Crippen LogP contribution in [0.4, 0.5) is 10.6 Å². The van der Waals surface area contributed by atoms with E-state index in [9.17, 15) is 4.79 Å². The topological polar surface area (TPSA) is 59.4 Å². The van der Waals surface area contributed by atoms with Gasteiger partial charge in [0.25, 0.3) is 0 Å². The second kappa shape index (κ2) is 7.81. The number of piperidine rings is 1. The van der Waals surface area contributed by atoms with Gasteiger partial charge in [0.05, 0.1) is 6.20 Å². The molecule has 6 nitrogen and oxygen atoms in total. The van der Waals surface area contributed by atoms with Crippen LogP contribution in [-0.4, -0.2) is 47.0 Å². The first-order chi connectivity index (χ1) is 11.3. The minimum absolute atomic E-state index is 0.0182. The van der Waals surface area contributed by atoms with Crippen molar-refractivity contribution in [2.45, 2.75) is 57.5 Å². The quantitative estimate of drug-likeness (QED) is 0.785. The van der Waals surface area contributed by atoms with Crippen molar-refractivity contribution in [1.29, 1.82) is 0 Å². The number of aromatic nitrogens is 2. The lowest BCUT2D eigenvalue weighted by molar-refractivity contribution is 0.141. The van der Waals surface area contributed by atoms with E-state index in [1.807, 2.05) is 15.6 Å². The van der Waals surface area contributed by atoms with Crippen molar-refractivity contribution < 1.29 is 9.53 Å². The third-order valence-corrected chi connectivity index (χ3v) is 4.85. The van der Waals surface area contributed by atoms with Crippen LogP contribution >= 0.6 is 0 Å². The number of likely N-dealkylation sites (tertiary alicyclic amines) is 1. The number of urea groups is 1. The summed E-state index contributed by atoms with van der Waals surface area (Å²) in [6.45, 7) is 2.53. The maximum atomic E-state index is 12.7. The van der Waals surface area contributed by atoms with Gasteiger partial charge in [0, 0.05) is 38.9 Å². The Bertz CT molecular complexity index is 512. The van der Waals surface area contributed by atoms with Crippen molar-refractivity contribution in [3.63, 3.8) is 0 Å². The Labute approximate surface area is 138 Å². The van der Waals surface area contributed by atoms with Gasteiger partial charge in [-0.05, 0) is 50.9 Å². The van der Waals surface area contributed by atoms with Crippen LogP contribution in [-0.2, 0) is 11.3 Å². The van der Waals surface area contributed by atoms with Gasteiger partial charge in [-0.25, -0.2) is 9.48 Å². The van der Waals surface area contributed by atoms with Gasteiger partial charge in [-0.1, -0.05) is 0 Å². The second-order valence-electron chi connectivity index (χ2n) is 6.75. The molecule has 3 rings (SSSR count). The number of anilines is 1. The minimum Gasteiger partial charge on any atom is -0.385 e. The smallest absolute Gasteiger partial charge is 0.323 e. The molecule has 1 atom stereocenters. The molecule has 1 saturated heterocycles. The molecule has 128 valence electrons. The van der Waals surface area contributed by atoms with Crippen molar-refractivity contribution in [3.8, 4) is 0 Å². The maximum Gasteiger partial charge on any atom is 0.323 e. The van der Waals surface area contributed by atoms with Gasteiger partial charge in [0.1, 0.15) is 5.82 Å². The first-order valence-corrected chi connectivity index (χ1v) is 8.86. The van der Waals surface area contributed by atoms with E-state index in [0.29, 0.717) is 6.04 Å². The highest BCUT2D eigenvalue weighted by Crippen LogP contribution is 2.31. The maximum absolute atomic E-state index is 12.7. The zero-order valence-electron chi connectivity index (χ0n) is 14.0. The van der Waals surface area contributed by atoms with Crippen LogP contribution in [0.25, 0.3) is 0 Å². The number of amides is 2. The SMILES string of the molecule is COCCCC1CCCCN1C(=O)Nc1ccnn1CC1CC1. The molecular weight excluding hydrogens is 292 g/mol. The number of rotatable bonds is 7. The number of methoxy groups -OCH3 is 1. The molecule has 6 heteroatoms. The summed E-state index contributed by atoms with van der Waals surface area (Å²) >= 11 is 0. The summed E-state index contributed by atoms with van der Waals surface area (Å²) in [6.07, 6.45) is 9.74. The predicted octanol–water partition coefficient (Wildman–Crippen LogP) is 3.11. The fourth-order valence-corrected chi connectivity index (χ4v) is 3.34. The third kappa shape index (κ3) is 4.47. The van der Waals surface area contributed by atoms with Crippen molar-refractivity contribution in [2.75, 3.05) is 25.6 Å². The molecule has 1 N–H and O–H groups in total. The Morgan fingerprint density at radius 2 is 2.26 bits per heavy atom. The number of carbonyl (C=O) groups is 1. The van der Waals surface area contributed by atoms with Crippen LogP contribution in [0.3, 0.4) is 0 Å². The van der Waals surface area contributed by atoms with Crippen molar-refractivity contribution in [2.24, 2.45) is 5.92 Å². The molecule has 1 aliphatic heterocycles. The van der Waals surface area contributed by atoms with E-state index in [2.05, 4.69) is 10.4 Å². The fraction of sp³-hybridized carbons (Fsp3) is 0.765. The highest BCUT2D eigenvalue weighted by molar-refractivity contribution is 5.88. The van der Waals surface area contributed by atoms with Gasteiger partial charge in [-0.15, -0.1) is 0 Å². The van der Waals surface area contributed by atoms with Crippen LogP contribution in [0.15, 0.2) is 12.3 Å². The monoisotopic (exact) mass is 320 g/mol. The normalized spacial score (nSPS) is 21.4. The minimum atomic E-state index is 0.0182. The highest BCUT2D eigenvalue weighted by atomic mass is 16.5. The van der Waals surface area contributed by atoms with Crippen LogP contribution in [0.5, 0.6) is 0 Å². The number of carbonyl (C=O) groups excluding carboxylic acids is 1. The molecule has 2 fully saturated rings. The third-order valence-electron chi connectivity index (χ3n) is 4.85. The molecule has 2 amide bonds. The molecule has 0 radical (unpaired) electrons. The molecule has 2 aliphatic rings. The molecule has 23 heavy (non-hydrogen) atoms. The summed E-state index contributed by atoms with van der Waals surface area (Å²) in [5.74, 6) is 1.56. The number of hydrogen-bond acceptors (Lipinski definition) is 3. The van der Waals surface area contributed by atoms with Gasteiger partial charge in [-0.3, -0.25) is 5.32 Å². The Hall–Kier alpha value is -1.56. The summed E-state index contributed by atoms with van der Waals surface area (Å²) in [7, 11) is 1.73. The summed E-state index contributed by atoms with van der Waals surface area (Å²) < 4.78 is 7.07. The second-order valence-corrected chi connectivity index (χ2v) is 6.75. The molecule has 1 aromatic rings. The van der Waals surface area contributed by atoms with E-state index in [4.69, 9.17) is 4.74 Å². The molecular formula is C17H28N4O2. The molecule has 2 heterocycles. The lowest BCUT2D eigenvalue weighted by atomic mass is 9.98. The van der Waals surface area contributed by atoms with Crippen LogP contribution < -0.4 is 5.32 Å². The number of hydrogen-bond donors (Lipinski definition) is 1. The van der Waals surface area contributed by atoms with Gasteiger partial charge >= 0.3 is 6.03 Å². The Morgan fingerprint density at radius 3 is 3.04 bits per heavy atom. The average Bonchev–Trinajstić information content (AvgIpc) is 3.28. The summed E-state index contributed by atoms with van der Waals surface area (Å²) in [5.41, 5.74) is 0. The number of nitrogens with zero attached hydrogens (tertiary/aromatic N) is 3. The van der Waals surface area contributed by atoms with Gasteiger partial charge in [-0.2, -0.15) is 5.10 Å². The van der Waals surface area contributed by atoms with Gasteiger partial charge in [0.2, 0.25) is 0 Å². The van der Waals surface area contributed by atoms with Gasteiger partial charge in [0.15, 0.2) is 0 Å². The lowest BCUT2D eigenvalue weighted by Gasteiger charge is -2.35. The molecule has 1 aromatic heterocycles. The summed E-state index contributed by atoms with van der Waals surface area (Å²) in [5, 5.41) is 7.41.